The number of pyridine rings is 1. The summed E-state index contributed by atoms with van der Waals surface area (Å²) in [5.74, 6) is 0.976. The molecule has 3 aromatic rings. The molecule has 1 amide bonds. The van der Waals surface area contributed by atoms with Crippen molar-refractivity contribution in [3.8, 4) is 0 Å². The van der Waals surface area contributed by atoms with Gasteiger partial charge < -0.3 is 10.0 Å². The summed E-state index contributed by atoms with van der Waals surface area (Å²) in [6.45, 7) is 1.22. The van der Waals surface area contributed by atoms with E-state index in [1.165, 1.54) is 11.6 Å². The van der Waals surface area contributed by atoms with E-state index >= 15 is 0 Å². The summed E-state index contributed by atoms with van der Waals surface area (Å²) in [4.78, 5) is 22.7. The largest absolute Gasteiger partial charge is 0.465 e. The molecule has 4 rings (SSSR count). The van der Waals surface area contributed by atoms with Gasteiger partial charge in [0, 0.05) is 41.6 Å². The Morgan fingerprint density at radius 1 is 1.27 bits per heavy atom. The number of fused-ring (bicyclic) bond motifs is 1. The fourth-order valence-corrected chi connectivity index (χ4v) is 5.14. The molecule has 1 unspecified atom stereocenters. The van der Waals surface area contributed by atoms with Crippen molar-refractivity contribution in [1.82, 2.24) is 14.9 Å². The van der Waals surface area contributed by atoms with E-state index in [1.54, 1.807) is 6.07 Å². The number of rotatable bonds is 6. The number of benzene rings is 1. The minimum atomic E-state index is -4.73. The molecule has 6 nitrogen and oxygen atoms in total. The Kier molecular flexibility index (Phi) is 6.94. The summed E-state index contributed by atoms with van der Waals surface area (Å²) >= 11 is 6.83. The van der Waals surface area contributed by atoms with Crippen LogP contribution in [0.3, 0.4) is 0 Å². The predicted octanol–water partition coefficient (Wildman–Crippen LogP) is 6.23. The number of hydrogen-bond donors (Lipinski definition) is 1. The van der Waals surface area contributed by atoms with Gasteiger partial charge in [0.1, 0.15) is 10.8 Å². The van der Waals surface area contributed by atoms with E-state index in [9.17, 15) is 23.1 Å². The monoisotopic (exact) mass is 498 g/mol. The lowest BCUT2D eigenvalue weighted by molar-refractivity contribution is -0.181. The van der Waals surface area contributed by atoms with Gasteiger partial charge in [0.25, 0.3) is 0 Å². The molecule has 0 spiro atoms. The summed E-state index contributed by atoms with van der Waals surface area (Å²) in [7, 11) is 0. The van der Waals surface area contributed by atoms with Crippen LogP contribution in [-0.4, -0.2) is 51.9 Å². The van der Waals surface area contributed by atoms with Crippen LogP contribution in [0.1, 0.15) is 30.3 Å². The Balaban J connectivity index is 1.38. The maximum Gasteiger partial charge on any atom is 0.415 e. The van der Waals surface area contributed by atoms with Crippen molar-refractivity contribution in [2.24, 2.45) is 5.92 Å². The zero-order valence-corrected chi connectivity index (χ0v) is 19.1. The number of aromatic nitrogens is 2. The van der Waals surface area contributed by atoms with E-state index in [2.05, 4.69) is 9.88 Å². The number of halogens is 4. The maximum absolute atomic E-state index is 13.7. The Labute approximate surface area is 197 Å². The van der Waals surface area contributed by atoms with Crippen molar-refractivity contribution < 1.29 is 23.1 Å². The Morgan fingerprint density at radius 2 is 2.03 bits per heavy atom. The molecule has 3 heterocycles. The Hall–Kier alpha value is -2.59. The molecular weight excluding hydrogens is 477 g/mol. The fraction of sp³-hybridized carbons (Fsp3) is 0.409. The lowest BCUT2D eigenvalue weighted by Crippen LogP contribution is -2.43. The molecule has 1 aliphatic heterocycles. The minimum Gasteiger partial charge on any atom is -0.465 e. The van der Waals surface area contributed by atoms with Crippen molar-refractivity contribution in [3.05, 3.63) is 51.9 Å². The molecule has 0 saturated carbocycles. The van der Waals surface area contributed by atoms with Gasteiger partial charge in [-0.2, -0.15) is 13.2 Å². The normalized spacial score (nSPS) is 16.2. The van der Waals surface area contributed by atoms with Crippen LogP contribution in [0.4, 0.5) is 23.8 Å². The number of amides is 1. The van der Waals surface area contributed by atoms with Crippen LogP contribution in [-0.2, 0) is 0 Å². The lowest BCUT2D eigenvalue weighted by Gasteiger charge is -2.35. The number of carboxylic acid groups (broad SMARTS) is 1. The van der Waals surface area contributed by atoms with Gasteiger partial charge in [-0.25, -0.2) is 14.8 Å². The highest BCUT2D eigenvalue weighted by molar-refractivity contribution is 7.09. The predicted molar refractivity (Wildman–Crippen MR) is 122 cm³/mol. The van der Waals surface area contributed by atoms with Gasteiger partial charge in [0.05, 0.1) is 5.52 Å². The highest BCUT2D eigenvalue weighted by Gasteiger charge is 2.48. The number of anilines is 1. The maximum atomic E-state index is 13.7. The summed E-state index contributed by atoms with van der Waals surface area (Å²) < 4.78 is 41.0. The van der Waals surface area contributed by atoms with Crippen LogP contribution in [0.15, 0.2) is 41.9 Å². The van der Waals surface area contributed by atoms with Gasteiger partial charge in [-0.05, 0) is 55.5 Å². The standard InChI is InChI=1S/C22H22ClF3N4O2S/c23-16-2-3-17-15(13-16)1-4-18(28-17)29-9-5-14(6-10-29)7-11-30(21(31)32)19(22(24,25)26)20-27-8-12-33-20/h1-4,8,12-14,19H,5-7,9-11H2,(H,31,32). The fourth-order valence-electron chi connectivity index (χ4n) is 4.19. The van der Waals surface area contributed by atoms with Crippen LogP contribution >= 0.6 is 22.9 Å². The van der Waals surface area contributed by atoms with Crippen LogP contribution in [0.5, 0.6) is 0 Å². The van der Waals surface area contributed by atoms with Gasteiger partial charge in [0.15, 0.2) is 6.04 Å². The topological polar surface area (TPSA) is 69.6 Å². The van der Waals surface area contributed by atoms with E-state index in [1.807, 2.05) is 24.3 Å². The second kappa shape index (κ2) is 9.72. The molecule has 176 valence electrons. The molecule has 1 N–H and O–H groups in total. The zero-order chi connectivity index (χ0) is 23.6. The number of hydrogen-bond acceptors (Lipinski definition) is 5. The molecule has 11 heteroatoms. The highest BCUT2D eigenvalue weighted by atomic mass is 35.5. The SMILES string of the molecule is O=C(O)N(CCC1CCN(c2ccc3cc(Cl)ccc3n2)CC1)C(c1nccs1)C(F)(F)F. The molecule has 2 aromatic heterocycles. The molecule has 1 fully saturated rings. The van der Waals surface area contributed by atoms with Gasteiger partial charge in [-0.15, -0.1) is 11.3 Å². The summed E-state index contributed by atoms with van der Waals surface area (Å²) in [5.41, 5.74) is 0.844. The zero-order valence-electron chi connectivity index (χ0n) is 17.5. The van der Waals surface area contributed by atoms with Crippen molar-refractivity contribution in [1.29, 1.82) is 0 Å². The number of piperidine rings is 1. The highest BCUT2D eigenvalue weighted by Crippen LogP contribution is 2.39. The van der Waals surface area contributed by atoms with Crippen LogP contribution in [0.25, 0.3) is 10.9 Å². The van der Waals surface area contributed by atoms with Gasteiger partial charge in [0.2, 0.25) is 0 Å². The first-order chi connectivity index (χ1) is 15.7. The third-order valence-electron chi connectivity index (χ3n) is 5.91. The second-order valence-corrected chi connectivity index (χ2v) is 9.38. The summed E-state index contributed by atoms with van der Waals surface area (Å²) in [5, 5.41) is 12.3. The molecule has 0 radical (unpaired) electrons. The van der Waals surface area contributed by atoms with Crippen molar-refractivity contribution in [2.75, 3.05) is 24.5 Å². The first kappa shape index (κ1) is 23.6. The molecular formula is C22H22ClF3N4O2S. The average molecular weight is 499 g/mol. The smallest absolute Gasteiger partial charge is 0.415 e. The number of nitrogens with zero attached hydrogens (tertiary/aromatic N) is 4. The van der Waals surface area contributed by atoms with E-state index in [0.717, 1.165) is 40.9 Å². The quantitative estimate of drug-likeness (QED) is 0.436. The molecule has 33 heavy (non-hydrogen) atoms. The lowest BCUT2D eigenvalue weighted by atomic mass is 9.93. The van der Waals surface area contributed by atoms with Crippen molar-refractivity contribution >= 4 is 45.8 Å². The van der Waals surface area contributed by atoms with E-state index in [0.29, 0.717) is 29.4 Å². The molecule has 0 bridgehead atoms. The van der Waals surface area contributed by atoms with E-state index < -0.39 is 18.3 Å². The van der Waals surface area contributed by atoms with Crippen molar-refractivity contribution in [3.63, 3.8) is 0 Å². The Bertz CT molecular complexity index is 1100. The molecule has 1 atom stereocenters. The number of alkyl halides is 3. The molecule has 1 aromatic carbocycles. The van der Waals surface area contributed by atoms with Crippen LogP contribution < -0.4 is 4.90 Å². The Morgan fingerprint density at radius 3 is 2.67 bits per heavy atom. The van der Waals surface area contributed by atoms with Crippen LogP contribution in [0.2, 0.25) is 5.02 Å². The molecule has 1 saturated heterocycles. The molecule has 0 aliphatic carbocycles. The summed E-state index contributed by atoms with van der Waals surface area (Å²) in [6.07, 6.45) is -3.20. The first-order valence-electron chi connectivity index (χ1n) is 10.5. The molecule has 1 aliphatic rings. The number of thiazole rings is 1. The van der Waals surface area contributed by atoms with E-state index in [-0.39, 0.29) is 17.5 Å². The van der Waals surface area contributed by atoms with Gasteiger partial charge >= 0.3 is 12.3 Å². The first-order valence-corrected chi connectivity index (χ1v) is 11.7. The van der Waals surface area contributed by atoms with Crippen LogP contribution in [0, 0.1) is 5.92 Å². The van der Waals surface area contributed by atoms with Gasteiger partial charge in [-0.3, -0.25) is 4.90 Å². The van der Waals surface area contributed by atoms with Gasteiger partial charge in [-0.1, -0.05) is 11.6 Å². The van der Waals surface area contributed by atoms with E-state index in [4.69, 9.17) is 16.6 Å². The average Bonchev–Trinajstić information content (AvgIpc) is 3.29. The number of carbonyl (C=O) groups is 1. The minimum absolute atomic E-state index is 0.132. The third kappa shape index (κ3) is 5.50. The third-order valence-corrected chi connectivity index (χ3v) is 6.97. The second-order valence-electron chi connectivity index (χ2n) is 8.02. The van der Waals surface area contributed by atoms with Crippen molar-refractivity contribution in [2.45, 2.75) is 31.5 Å². The summed E-state index contributed by atoms with van der Waals surface area (Å²) in [6, 6.07) is 7.18.